The number of methoxy groups -OCH3 is 1. The summed E-state index contributed by atoms with van der Waals surface area (Å²) in [6.45, 7) is 3.66. The molecule has 138 valence electrons. The molecule has 25 heavy (non-hydrogen) atoms. The SMILES string of the molecule is CCCC(=O)NCC(=O)N(Cc1ccccc1OC)C[C@H]1CCCO1. The van der Waals surface area contributed by atoms with Crippen LogP contribution in [0.5, 0.6) is 5.75 Å². The molecular weight excluding hydrogens is 320 g/mol. The first-order chi connectivity index (χ1) is 12.1. The topological polar surface area (TPSA) is 67.9 Å². The Bertz CT molecular complexity index is 570. The third-order valence-electron chi connectivity index (χ3n) is 4.27. The summed E-state index contributed by atoms with van der Waals surface area (Å²) in [7, 11) is 1.62. The molecule has 0 spiro atoms. The Morgan fingerprint density at radius 1 is 1.36 bits per heavy atom. The van der Waals surface area contributed by atoms with Crippen molar-refractivity contribution < 1.29 is 19.1 Å². The molecule has 1 N–H and O–H groups in total. The highest BCUT2D eigenvalue weighted by Gasteiger charge is 2.23. The summed E-state index contributed by atoms with van der Waals surface area (Å²) in [6, 6.07) is 7.66. The number of amides is 2. The van der Waals surface area contributed by atoms with Gasteiger partial charge in [0.1, 0.15) is 5.75 Å². The zero-order chi connectivity index (χ0) is 18.1. The van der Waals surface area contributed by atoms with Gasteiger partial charge in [0, 0.05) is 31.7 Å². The van der Waals surface area contributed by atoms with Crippen LogP contribution >= 0.6 is 0 Å². The lowest BCUT2D eigenvalue weighted by atomic mass is 10.1. The second kappa shape index (κ2) is 10.0. The predicted molar refractivity (Wildman–Crippen MR) is 95.3 cm³/mol. The third-order valence-corrected chi connectivity index (χ3v) is 4.27. The highest BCUT2D eigenvalue weighted by atomic mass is 16.5. The van der Waals surface area contributed by atoms with Crippen molar-refractivity contribution >= 4 is 11.8 Å². The van der Waals surface area contributed by atoms with Crippen LogP contribution < -0.4 is 10.1 Å². The van der Waals surface area contributed by atoms with E-state index in [0.29, 0.717) is 19.5 Å². The molecule has 0 bridgehead atoms. The molecule has 1 heterocycles. The minimum atomic E-state index is -0.106. The zero-order valence-corrected chi connectivity index (χ0v) is 15.1. The summed E-state index contributed by atoms with van der Waals surface area (Å²) in [5, 5.41) is 2.70. The quantitative estimate of drug-likeness (QED) is 0.742. The molecule has 0 saturated carbocycles. The maximum Gasteiger partial charge on any atom is 0.242 e. The van der Waals surface area contributed by atoms with Gasteiger partial charge in [-0.25, -0.2) is 0 Å². The van der Waals surface area contributed by atoms with Crippen molar-refractivity contribution in [1.82, 2.24) is 10.2 Å². The van der Waals surface area contributed by atoms with Crippen LogP contribution in [0, 0.1) is 0 Å². The van der Waals surface area contributed by atoms with Gasteiger partial charge < -0.3 is 19.7 Å². The van der Waals surface area contributed by atoms with Gasteiger partial charge in [-0.15, -0.1) is 0 Å². The fourth-order valence-corrected chi connectivity index (χ4v) is 2.93. The fourth-order valence-electron chi connectivity index (χ4n) is 2.93. The summed E-state index contributed by atoms with van der Waals surface area (Å²) in [6.07, 6.45) is 3.24. The summed E-state index contributed by atoms with van der Waals surface area (Å²) in [5.41, 5.74) is 0.941. The summed E-state index contributed by atoms with van der Waals surface area (Å²) in [5.74, 6) is 0.554. The van der Waals surface area contributed by atoms with Crippen LogP contribution in [0.2, 0.25) is 0 Å². The van der Waals surface area contributed by atoms with Gasteiger partial charge in [-0.05, 0) is 25.3 Å². The Balaban J connectivity index is 2.03. The molecule has 1 saturated heterocycles. The van der Waals surface area contributed by atoms with Crippen molar-refractivity contribution in [2.45, 2.75) is 45.3 Å². The van der Waals surface area contributed by atoms with Crippen molar-refractivity contribution in [1.29, 1.82) is 0 Å². The highest BCUT2D eigenvalue weighted by molar-refractivity contribution is 5.84. The summed E-state index contributed by atoms with van der Waals surface area (Å²) < 4.78 is 11.1. The Labute approximate surface area is 149 Å². The number of hydrogen-bond acceptors (Lipinski definition) is 4. The number of nitrogens with zero attached hydrogens (tertiary/aromatic N) is 1. The zero-order valence-electron chi connectivity index (χ0n) is 15.1. The van der Waals surface area contributed by atoms with Gasteiger partial charge in [0.05, 0.1) is 19.8 Å². The molecule has 6 heteroatoms. The van der Waals surface area contributed by atoms with Gasteiger partial charge in [-0.2, -0.15) is 0 Å². The van der Waals surface area contributed by atoms with E-state index in [4.69, 9.17) is 9.47 Å². The van der Waals surface area contributed by atoms with Crippen molar-refractivity contribution in [2.75, 3.05) is 26.8 Å². The van der Waals surface area contributed by atoms with E-state index in [9.17, 15) is 9.59 Å². The van der Waals surface area contributed by atoms with Crippen LogP contribution in [-0.4, -0.2) is 49.6 Å². The molecule has 0 radical (unpaired) electrons. The molecule has 1 aromatic carbocycles. The first kappa shape index (κ1) is 19.2. The number of carbonyl (C=O) groups excluding carboxylic acids is 2. The standard InChI is InChI=1S/C19H28N2O4/c1-3-7-18(22)20-12-19(23)21(14-16-9-6-11-25-16)13-15-8-4-5-10-17(15)24-2/h4-5,8,10,16H,3,6-7,9,11-14H2,1-2H3,(H,20,22)/t16-/m1/s1. The lowest BCUT2D eigenvalue weighted by Gasteiger charge is -2.26. The van der Waals surface area contributed by atoms with Crippen molar-refractivity contribution in [3.8, 4) is 5.75 Å². The lowest BCUT2D eigenvalue weighted by molar-refractivity contribution is -0.134. The normalized spacial score (nSPS) is 16.5. The van der Waals surface area contributed by atoms with Gasteiger partial charge in [-0.1, -0.05) is 25.1 Å². The maximum absolute atomic E-state index is 12.7. The monoisotopic (exact) mass is 348 g/mol. The molecule has 1 aliphatic rings. The number of benzene rings is 1. The maximum atomic E-state index is 12.7. The van der Waals surface area contributed by atoms with Gasteiger partial charge in [0.25, 0.3) is 0 Å². The van der Waals surface area contributed by atoms with Gasteiger partial charge >= 0.3 is 0 Å². The molecule has 2 amide bonds. The average Bonchev–Trinajstić information content (AvgIpc) is 3.13. The largest absolute Gasteiger partial charge is 0.496 e. The number of ether oxygens (including phenoxy) is 2. The Kier molecular flexibility index (Phi) is 7.73. The molecule has 1 fully saturated rings. The molecule has 1 aliphatic heterocycles. The Hall–Kier alpha value is -2.08. The summed E-state index contributed by atoms with van der Waals surface area (Å²) >= 11 is 0. The number of nitrogens with one attached hydrogen (secondary N) is 1. The van der Waals surface area contributed by atoms with Crippen molar-refractivity contribution in [2.24, 2.45) is 0 Å². The van der Waals surface area contributed by atoms with E-state index < -0.39 is 0 Å². The number of carbonyl (C=O) groups is 2. The van der Waals surface area contributed by atoms with E-state index in [1.54, 1.807) is 12.0 Å². The molecule has 0 aliphatic carbocycles. The Morgan fingerprint density at radius 3 is 2.84 bits per heavy atom. The van der Waals surface area contributed by atoms with Crippen LogP contribution in [-0.2, 0) is 20.9 Å². The second-order valence-corrected chi connectivity index (χ2v) is 6.25. The van der Waals surface area contributed by atoms with E-state index in [-0.39, 0.29) is 24.5 Å². The van der Waals surface area contributed by atoms with E-state index in [1.165, 1.54) is 0 Å². The van der Waals surface area contributed by atoms with Gasteiger partial charge in [0.15, 0.2) is 0 Å². The number of rotatable bonds is 9. The van der Waals surface area contributed by atoms with E-state index in [0.717, 1.165) is 37.2 Å². The van der Waals surface area contributed by atoms with Crippen LogP contribution in [0.4, 0.5) is 0 Å². The predicted octanol–water partition coefficient (Wildman–Crippen LogP) is 2.12. The van der Waals surface area contributed by atoms with Gasteiger partial charge in [0.2, 0.25) is 11.8 Å². The summed E-state index contributed by atoms with van der Waals surface area (Å²) in [4.78, 5) is 26.1. The van der Waals surface area contributed by atoms with E-state index in [2.05, 4.69) is 5.32 Å². The van der Waals surface area contributed by atoms with E-state index >= 15 is 0 Å². The number of hydrogen-bond donors (Lipinski definition) is 1. The minimum Gasteiger partial charge on any atom is -0.496 e. The van der Waals surface area contributed by atoms with Crippen LogP contribution in [0.1, 0.15) is 38.2 Å². The first-order valence-electron chi connectivity index (χ1n) is 8.92. The highest BCUT2D eigenvalue weighted by Crippen LogP contribution is 2.21. The number of para-hydroxylation sites is 1. The molecule has 2 rings (SSSR count). The smallest absolute Gasteiger partial charge is 0.242 e. The van der Waals surface area contributed by atoms with Crippen LogP contribution in [0.3, 0.4) is 0 Å². The van der Waals surface area contributed by atoms with Crippen LogP contribution in [0.25, 0.3) is 0 Å². The Morgan fingerprint density at radius 2 is 2.16 bits per heavy atom. The molecular formula is C19H28N2O4. The third kappa shape index (κ3) is 6.05. The molecule has 1 aromatic rings. The van der Waals surface area contributed by atoms with E-state index in [1.807, 2.05) is 31.2 Å². The average molecular weight is 348 g/mol. The lowest BCUT2D eigenvalue weighted by Crippen LogP contribution is -2.43. The molecule has 1 atom stereocenters. The molecule has 6 nitrogen and oxygen atoms in total. The van der Waals surface area contributed by atoms with Crippen molar-refractivity contribution in [3.63, 3.8) is 0 Å². The minimum absolute atomic E-state index is 0.0146. The molecule has 0 unspecified atom stereocenters. The van der Waals surface area contributed by atoms with Crippen LogP contribution in [0.15, 0.2) is 24.3 Å². The van der Waals surface area contributed by atoms with Gasteiger partial charge in [-0.3, -0.25) is 9.59 Å². The second-order valence-electron chi connectivity index (χ2n) is 6.25. The molecule has 0 aromatic heterocycles. The fraction of sp³-hybridized carbons (Fsp3) is 0.579. The first-order valence-corrected chi connectivity index (χ1v) is 8.92. The van der Waals surface area contributed by atoms with Crippen molar-refractivity contribution in [3.05, 3.63) is 29.8 Å².